The molecule has 0 bridgehead atoms. The van der Waals surface area contributed by atoms with E-state index in [0.717, 1.165) is 0 Å². The van der Waals surface area contributed by atoms with Crippen LogP contribution in [0.5, 0.6) is 5.75 Å². The fourth-order valence-corrected chi connectivity index (χ4v) is 3.23. The van der Waals surface area contributed by atoms with E-state index in [2.05, 4.69) is 20.8 Å². The van der Waals surface area contributed by atoms with Crippen molar-refractivity contribution in [2.24, 2.45) is 0 Å². The van der Waals surface area contributed by atoms with Crippen LogP contribution in [-0.4, -0.2) is 33.5 Å². The van der Waals surface area contributed by atoms with Crippen molar-refractivity contribution in [1.29, 1.82) is 0 Å². The average molecular weight is 438 g/mol. The molecular weight excluding hydrogens is 419 g/mol. The highest BCUT2D eigenvalue weighted by Gasteiger charge is 2.32. The van der Waals surface area contributed by atoms with Gasteiger partial charge >= 0.3 is 0 Å². The number of benzene rings is 2. The smallest absolute Gasteiger partial charge is 0.215 e. The van der Waals surface area contributed by atoms with E-state index in [1.807, 2.05) is 0 Å². The van der Waals surface area contributed by atoms with Gasteiger partial charge in [0.2, 0.25) is 5.78 Å². The van der Waals surface area contributed by atoms with Gasteiger partial charge in [-0.15, -0.1) is 0 Å². The van der Waals surface area contributed by atoms with Gasteiger partial charge in [-0.1, -0.05) is 17.3 Å². The third-order valence-corrected chi connectivity index (χ3v) is 4.75. The molecule has 0 aliphatic carbocycles. The highest BCUT2D eigenvalue weighted by atomic mass is 19.1. The molecule has 0 spiro atoms. The highest BCUT2D eigenvalue weighted by molar-refractivity contribution is 6.04. The Morgan fingerprint density at radius 3 is 2.69 bits per heavy atom. The van der Waals surface area contributed by atoms with Crippen LogP contribution in [0.2, 0.25) is 0 Å². The van der Waals surface area contributed by atoms with E-state index >= 15 is 0 Å². The van der Waals surface area contributed by atoms with E-state index in [1.54, 1.807) is 37.3 Å². The number of carbonyl (C=O) groups is 1. The zero-order valence-corrected chi connectivity index (χ0v) is 17.2. The number of halogens is 1. The normalized spacial score (nSPS) is 11.9. The summed E-state index contributed by atoms with van der Waals surface area (Å²) in [6.45, 7) is 1.47. The van der Waals surface area contributed by atoms with Gasteiger partial charge in [0.25, 0.3) is 0 Å². The minimum Gasteiger partial charge on any atom is -0.497 e. The second-order valence-electron chi connectivity index (χ2n) is 6.97. The van der Waals surface area contributed by atoms with Crippen molar-refractivity contribution in [2.45, 2.75) is 19.6 Å². The van der Waals surface area contributed by atoms with E-state index in [4.69, 9.17) is 13.9 Å². The maximum absolute atomic E-state index is 14.3. The van der Waals surface area contributed by atoms with Crippen LogP contribution in [0.1, 0.15) is 33.5 Å². The summed E-state index contributed by atoms with van der Waals surface area (Å²) < 4.78 is 29.5. The highest BCUT2D eigenvalue weighted by Crippen LogP contribution is 2.30. The molecule has 1 atom stereocenters. The van der Waals surface area contributed by atoms with E-state index in [-0.39, 0.29) is 29.3 Å². The molecule has 0 saturated heterocycles. The topological polar surface area (TPSA) is 124 Å². The van der Waals surface area contributed by atoms with Gasteiger partial charge in [-0.2, -0.15) is 0 Å². The Morgan fingerprint density at radius 1 is 1.19 bits per heavy atom. The Balaban J connectivity index is 1.76. The summed E-state index contributed by atoms with van der Waals surface area (Å²) in [7, 11) is 1.49. The van der Waals surface area contributed by atoms with Crippen molar-refractivity contribution in [2.75, 3.05) is 12.4 Å². The van der Waals surface area contributed by atoms with Crippen LogP contribution in [0.25, 0.3) is 11.3 Å². The summed E-state index contributed by atoms with van der Waals surface area (Å²) in [4.78, 5) is 13.5. The van der Waals surface area contributed by atoms with E-state index in [0.29, 0.717) is 22.8 Å². The fraction of sp³-hybridized carbons (Fsp3) is 0.182. The molecule has 4 rings (SSSR count). The van der Waals surface area contributed by atoms with Crippen molar-refractivity contribution < 1.29 is 28.2 Å². The van der Waals surface area contributed by atoms with Crippen LogP contribution < -0.4 is 10.1 Å². The summed E-state index contributed by atoms with van der Waals surface area (Å²) in [5.41, 5.74) is 1.22. The number of carbonyl (C=O) groups excluding carboxylic acids is 1. The Hall–Kier alpha value is -4.05. The predicted molar refractivity (Wildman–Crippen MR) is 111 cm³/mol. The summed E-state index contributed by atoms with van der Waals surface area (Å²) in [5, 5.41) is 24.0. The Kier molecular flexibility index (Phi) is 5.95. The number of aliphatic hydroxyl groups is 1. The van der Waals surface area contributed by atoms with Crippen LogP contribution in [0.15, 0.2) is 57.7 Å². The van der Waals surface area contributed by atoms with Crippen LogP contribution >= 0.6 is 0 Å². The van der Waals surface area contributed by atoms with Gasteiger partial charge < -0.3 is 19.7 Å². The van der Waals surface area contributed by atoms with Crippen molar-refractivity contribution in [1.82, 2.24) is 15.5 Å². The first-order valence-electron chi connectivity index (χ1n) is 9.60. The average Bonchev–Trinajstić information content (AvgIpc) is 3.46. The van der Waals surface area contributed by atoms with Gasteiger partial charge in [0.05, 0.1) is 13.7 Å². The summed E-state index contributed by atoms with van der Waals surface area (Å²) in [5.74, 6) is -0.156. The lowest BCUT2D eigenvalue weighted by Crippen LogP contribution is -2.23. The molecule has 0 amide bonds. The minimum absolute atomic E-state index is 0.0261. The van der Waals surface area contributed by atoms with Crippen LogP contribution in [0, 0.1) is 12.7 Å². The van der Waals surface area contributed by atoms with Crippen molar-refractivity contribution in [3.05, 3.63) is 77.1 Å². The van der Waals surface area contributed by atoms with Gasteiger partial charge in [0.15, 0.2) is 5.69 Å². The van der Waals surface area contributed by atoms with Crippen LogP contribution in [0.4, 0.5) is 10.1 Å². The number of nitrogens with one attached hydrogen (secondary N) is 1. The maximum Gasteiger partial charge on any atom is 0.215 e. The van der Waals surface area contributed by atoms with Gasteiger partial charge in [-0.3, -0.25) is 4.79 Å². The number of aryl methyl sites for hydroxylation is 1. The quantitative estimate of drug-likeness (QED) is 0.396. The molecular formula is C22H19FN4O5. The molecule has 4 aromatic rings. The molecule has 0 fully saturated rings. The number of ketones is 1. The van der Waals surface area contributed by atoms with E-state index in [1.165, 1.54) is 25.3 Å². The Labute approximate surface area is 181 Å². The molecule has 2 N–H and O–H groups in total. The standard InChI is InChI=1S/C22H19FN4O5/c1-12-7-18(25-31-12)20(24-14-8-13(11-28)9-15(10-14)30-2)22(29)21-19(26-32-27-21)16-5-3-4-6-17(16)23/h3-10,20,24,28H,11H2,1-2H3. The van der Waals surface area contributed by atoms with Gasteiger partial charge in [0, 0.05) is 23.4 Å². The summed E-state index contributed by atoms with van der Waals surface area (Å²) in [6.07, 6.45) is 0. The van der Waals surface area contributed by atoms with Crippen LogP contribution in [-0.2, 0) is 6.61 Å². The summed E-state index contributed by atoms with van der Waals surface area (Å²) >= 11 is 0. The van der Waals surface area contributed by atoms with Crippen LogP contribution in [0.3, 0.4) is 0 Å². The third-order valence-electron chi connectivity index (χ3n) is 4.75. The van der Waals surface area contributed by atoms with E-state index in [9.17, 15) is 14.3 Å². The number of aromatic nitrogens is 3. The van der Waals surface area contributed by atoms with Gasteiger partial charge in [-0.05, 0) is 47.1 Å². The molecule has 1 unspecified atom stereocenters. The molecule has 0 aliphatic heterocycles. The monoisotopic (exact) mass is 438 g/mol. The molecule has 2 heterocycles. The number of rotatable bonds is 8. The zero-order valence-electron chi connectivity index (χ0n) is 17.2. The van der Waals surface area contributed by atoms with E-state index < -0.39 is 17.6 Å². The van der Waals surface area contributed by atoms with Crippen molar-refractivity contribution >= 4 is 11.5 Å². The number of Topliss-reactive ketones (excluding diaryl/α,β-unsaturated/α-hetero) is 1. The Morgan fingerprint density at radius 2 is 2.00 bits per heavy atom. The fourth-order valence-electron chi connectivity index (χ4n) is 3.23. The van der Waals surface area contributed by atoms with Crippen molar-refractivity contribution in [3.8, 4) is 17.0 Å². The van der Waals surface area contributed by atoms with Crippen molar-refractivity contribution in [3.63, 3.8) is 0 Å². The number of hydrogen-bond donors (Lipinski definition) is 2. The molecule has 0 aliphatic rings. The maximum atomic E-state index is 14.3. The number of nitrogens with zero attached hydrogens (tertiary/aromatic N) is 3. The molecule has 164 valence electrons. The largest absolute Gasteiger partial charge is 0.497 e. The number of ether oxygens (including phenoxy) is 1. The Bertz CT molecular complexity index is 1230. The first kappa shape index (κ1) is 21.2. The SMILES string of the molecule is COc1cc(CO)cc(NC(C(=O)c2nonc2-c2ccccc2F)c2cc(C)on2)c1. The second-order valence-corrected chi connectivity index (χ2v) is 6.97. The van der Waals surface area contributed by atoms with Gasteiger partial charge in [0.1, 0.15) is 34.8 Å². The minimum atomic E-state index is -1.07. The number of anilines is 1. The molecule has 2 aromatic carbocycles. The zero-order chi connectivity index (χ0) is 22.7. The molecule has 10 heteroatoms. The molecule has 9 nitrogen and oxygen atoms in total. The lowest BCUT2D eigenvalue weighted by molar-refractivity contribution is 0.0957. The first-order chi connectivity index (χ1) is 15.5. The number of hydrogen-bond acceptors (Lipinski definition) is 9. The molecule has 0 saturated carbocycles. The number of aliphatic hydroxyl groups excluding tert-OH is 1. The lowest BCUT2D eigenvalue weighted by Gasteiger charge is -2.17. The molecule has 0 radical (unpaired) electrons. The lowest BCUT2D eigenvalue weighted by atomic mass is 10.0. The predicted octanol–water partition coefficient (Wildman–Crippen LogP) is 3.71. The molecule has 32 heavy (non-hydrogen) atoms. The summed E-state index contributed by atoms with van der Waals surface area (Å²) in [6, 6.07) is 11.4. The van der Waals surface area contributed by atoms with Gasteiger partial charge in [-0.25, -0.2) is 9.02 Å². The first-order valence-corrected chi connectivity index (χ1v) is 9.60. The molecule has 2 aromatic heterocycles. The third kappa shape index (κ3) is 4.21. The second kappa shape index (κ2) is 8.98. The number of methoxy groups -OCH3 is 1.